The molecule has 0 saturated carbocycles. The van der Waals surface area contributed by atoms with Crippen molar-refractivity contribution >= 4 is 23.3 Å². The van der Waals surface area contributed by atoms with E-state index < -0.39 is 0 Å². The molecular formula is C12H16N4O2S. The van der Waals surface area contributed by atoms with Gasteiger partial charge in [-0.2, -0.15) is 5.10 Å². The number of carbonyl (C=O) groups is 1. The van der Waals surface area contributed by atoms with Crippen LogP contribution in [-0.4, -0.2) is 27.5 Å². The lowest BCUT2D eigenvalue weighted by atomic mass is 10.00. The molecule has 2 heterocycles. The molecule has 0 fully saturated rings. The predicted molar refractivity (Wildman–Crippen MR) is 74.2 cm³/mol. The molecule has 2 N–H and O–H groups in total. The normalized spacial score (nSPS) is 18.9. The van der Waals surface area contributed by atoms with Crippen molar-refractivity contribution in [3.05, 3.63) is 29.2 Å². The highest BCUT2D eigenvalue weighted by molar-refractivity contribution is 7.80. The Kier molecular flexibility index (Phi) is 3.84. The van der Waals surface area contributed by atoms with Crippen LogP contribution in [0.2, 0.25) is 0 Å². The standard InChI is InChI=1S/C12H16N4O2S/c1-4-18-11(17)9-7(2)14-12(19)15-10(9)8-5-6-13-16(8)3/h5-6,10H,4H2,1-3H3,(H2,14,15,19). The summed E-state index contributed by atoms with van der Waals surface area (Å²) in [4.78, 5) is 12.1. The summed E-state index contributed by atoms with van der Waals surface area (Å²) in [5.74, 6) is -0.353. The van der Waals surface area contributed by atoms with Gasteiger partial charge in [-0.3, -0.25) is 4.68 Å². The fourth-order valence-electron chi connectivity index (χ4n) is 2.06. The number of carbonyl (C=O) groups excluding carboxylic acids is 1. The maximum Gasteiger partial charge on any atom is 0.338 e. The van der Waals surface area contributed by atoms with Crippen molar-refractivity contribution in [3.8, 4) is 0 Å². The van der Waals surface area contributed by atoms with Crippen molar-refractivity contribution in [1.29, 1.82) is 0 Å². The summed E-state index contributed by atoms with van der Waals surface area (Å²) in [5.41, 5.74) is 2.08. The van der Waals surface area contributed by atoms with Crippen LogP contribution in [0, 0.1) is 0 Å². The van der Waals surface area contributed by atoms with E-state index in [1.54, 1.807) is 17.8 Å². The van der Waals surface area contributed by atoms with Gasteiger partial charge in [0.05, 0.1) is 17.9 Å². The van der Waals surface area contributed by atoms with Crippen LogP contribution in [0.3, 0.4) is 0 Å². The largest absolute Gasteiger partial charge is 0.463 e. The third-order valence-electron chi connectivity index (χ3n) is 2.92. The van der Waals surface area contributed by atoms with Gasteiger partial charge in [-0.1, -0.05) is 0 Å². The maximum atomic E-state index is 12.1. The van der Waals surface area contributed by atoms with Gasteiger partial charge in [0.2, 0.25) is 0 Å². The smallest absolute Gasteiger partial charge is 0.338 e. The zero-order valence-corrected chi connectivity index (χ0v) is 11.9. The highest BCUT2D eigenvalue weighted by atomic mass is 32.1. The van der Waals surface area contributed by atoms with E-state index in [-0.39, 0.29) is 12.0 Å². The third-order valence-corrected chi connectivity index (χ3v) is 3.14. The average molecular weight is 280 g/mol. The molecule has 0 aliphatic carbocycles. The van der Waals surface area contributed by atoms with Crippen LogP contribution in [0.15, 0.2) is 23.5 Å². The molecule has 0 spiro atoms. The summed E-state index contributed by atoms with van der Waals surface area (Å²) in [6.07, 6.45) is 1.68. The molecule has 0 saturated heterocycles. The van der Waals surface area contributed by atoms with E-state index in [4.69, 9.17) is 17.0 Å². The van der Waals surface area contributed by atoms with Crippen molar-refractivity contribution in [1.82, 2.24) is 20.4 Å². The first kappa shape index (κ1) is 13.5. The first-order valence-electron chi connectivity index (χ1n) is 5.98. The van der Waals surface area contributed by atoms with Crippen molar-refractivity contribution in [3.63, 3.8) is 0 Å². The number of ether oxygens (including phenoxy) is 1. The fraction of sp³-hybridized carbons (Fsp3) is 0.417. The summed E-state index contributed by atoms with van der Waals surface area (Å²) >= 11 is 5.14. The lowest BCUT2D eigenvalue weighted by Gasteiger charge is -2.29. The number of thiocarbonyl (C=S) groups is 1. The van der Waals surface area contributed by atoms with E-state index in [9.17, 15) is 4.79 Å². The van der Waals surface area contributed by atoms with Gasteiger partial charge in [0.15, 0.2) is 5.11 Å². The zero-order chi connectivity index (χ0) is 14.0. The molecule has 1 aliphatic heterocycles. The monoisotopic (exact) mass is 280 g/mol. The third kappa shape index (κ3) is 2.60. The predicted octanol–water partition coefficient (Wildman–Crippen LogP) is 0.776. The molecule has 0 amide bonds. The van der Waals surface area contributed by atoms with Gasteiger partial charge < -0.3 is 15.4 Å². The number of aromatic nitrogens is 2. The molecule has 1 aromatic rings. The van der Waals surface area contributed by atoms with E-state index >= 15 is 0 Å². The Morgan fingerprint density at radius 1 is 1.63 bits per heavy atom. The second-order valence-electron chi connectivity index (χ2n) is 4.17. The Morgan fingerprint density at radius 3 is 2.95 bits per heavy atom. The van der Waals surface area contributed by atoms with E-state index in [2.05, 4.69) is 15.7 Å². The quantitative estimate of drug-likeness (QED) is 0.630. The molecule has 0 bridgehead atoms. The molecule has 1 atom stereocenters. The van der Waals surface area contributed by atoms with Crippen molar-refractivity contribution in [2.75, 3.05) is 6.61 Å². The summed E-state index contributed by atoms with van der Waals surface area (Å²) < 4.78 is 6.81. The van der Waals surface area contributed by atoms with Crippen molar-refractivity contribution < 1.29 is 9.53 Å². The summed E-state index contributed by atoms with van der Waals surface area (Å²) in [6, 6.07) is 1.50. The molecule has 1 aromatic heterocycles. The Bertz CT molecular complexity index is 550. The zero-order valence-electron chi connectivity index (χ0n) is 11.1. The number of aryl methyl sites for hydroxylation is 1. The number of esters is 1. The molecule has 0 aromatic carbocycles. The minimum Gasteiger partial charge on any atom is -0.463 e. The van der Waals surface area contributed by atoms with Crippen LogP contribution < -0.4 is 10.6 Å². The van der Waals surface area contributed by atoms with Crippen LogP contribution in [0.5, 0.6) is 0 Å². The molecule has 0 radical (unpaired) electrons. The SMILES string of the molecule is CCOC(=O)C1=C(C)NC(=S)NC1c1ccnn1C. The molecule has 19 heavy (non-hydrogen) atoms. The maximum absolute atomic E-state index is 12.1. The highest BCUT2D eigenvalue weighted by Gasteiger charge is 2.32. The van der Waals surface area contributed by atoms with E-state index in [1.165, 1.54) is 0 Å². The summed E-state index contributed by atoms with van der Waals surface area (Å²) in [6.45, 7) is 3.92. The van der Waals surface area contributed by atoms with Gasteiger partial charge in [-0.05, 0) is 32.1 Å². The van der Waals surface area contributed by atoms with Crippen LogP contribution in [-0.2, 0) is 16.6 Å². The number of nitrogens with one attached hydrogen (secondary N) is 2. The van der Waals surface area contributed by atoms with E-state index in [1.807, 2.05) is 20.0 Å². The van der Waals surface area contributed by atoms with Crippen LogP contribution >= 0.6 is 12.2 Å². The van der Waals surface area contributed by atoms with Crippen molar-refractivity contribution in [2.24, 2.45) is 7.05 Å². The van der Waals surface area contributed by atoms with Crippen molar-refractivity contribution in [2.45, 2.75) is 19.9 Å². The summed E-state index contributed by atoms with van der Waals surface area (Å²) in [7, 11) is 1.82. The number of rotatable bonds is 3. The first-order valence-corrected chi connectivity index (χ1v) is 6.38. The topological polar surface area (TPSA) is 68.2 Å². The lowest BCUT2D eigenvalue weighted by Crippen LogP contribution is -2.45. The molecule has 7 heteroatoms. The summed E-state index contributed by atoms with van der Waals surface area (Å²) in [5, 5.41) is 10.6. The van der Waals surface area contributed by atoms with Gasteiger partial charge in [0.25, 0.3) is 0 Å². The number of hydrogen-bond donors (Lipinski definition) is 2. The lowest BCUT2D eigenvalue weighted by molar-refractivity contribution is -0.139. The Labute approximate surface area is 116 Å². The highest BCUT2D eigenvalue weighted by Crippen LogP contribution is 2.26. The molecular weight excluding hydrogens is 264 g/mol. The van der Waals surface area contributed by atoms with Gasteiger partial charge in [-0.15, -0.1) is 0 Å². The van der Waals surface area contributed by atoms with Crippen LogP contribution in [0.25, 0.3) is 0 Å². The van der Waals surface area contributed by atoms with Gasteiger partial charge >= 0.3 is 5.97 Å². The van der Waals surface area contributed by atoms with Crippen LogP contribution in [0.4, 0.5) is 0 Å². The second-order valence-corrected chi connectivity index (χ2v) is 4.58. The number of hydrogen-bond acceptors (Lipinski definition) is 4. The first-order chi connectivity index (χ1) is 9.04. The number of allylic oxidation sites excluding steroid dienone is 1. The molecule has 6 nitrogen and oxygen atoms in total. The second kappa shape index (κ2) is 5.40. The van der Waals surface area contributed by atoms with Gasteiger partial charge in [-0.25, -0.2) is 4.79 Å². The Hall–Kier alpha value is -1.89. The molecule has 1 aliphatic rings. The Balaban J connectivity index is 2.44. The Morgan fingerprint density at radius 2 is 2.37 bits per heavy atom. The van der Waals surface area contributed by atoms with E-state index in [0.29, 0.717) is 23.0 Å². The van der Waals surface area contributed by atoms with E-state index in [0.717, 1.165) is 5.69 Å². The minimum atomic E-state index is -0.353. The molecule has 2 rings (SSSR count). The average Bonchev–Trinajstić information content (AvgIpc) is 2.74. The minimum absolute atomic E-state index is 0.332. The fourth-order valence-corrected chi connectivity index (χ4v) is 2.33. The van der Waals surface area contributed by atoms with Crippen LogP contribution in [0.1, 0.15) is 25.6 Å². The molecule has 1 unspecified atom stereocenters. The van der Waals surface area contributed by atoms with Gasteiger partial charge in [0.1, 0.15) is 6.04 Å². The molecule has 102 valence electrons. The van der Waals surface area contributed by atoms with Gasteiger partial charge in [0, 0.05) is 18.9 Å². The number of nitrogens with zero attached hydrogens (tertiary/aromatic N) is 2.